The molecule has 2 aromatic rings. The number of sulfone groups is 1. The summed E-state index contributed by atoms with van der Waals surface area (Å²) in [6.07, 6.45) is 2.68. The summed E-state index contributed by atoms with van der Waals surface area (Å²) in [5.74, 6) is -0.705. The van der Waals surface area contributed by atoms with Gasteiger partial charge in [0, 0.05) is 6.26 Å². The molecule has 32 heavy (non-hydrogen) atoms. The summed E-state index contributed by atoms with van der Waals surface area (Å²) in [6, 6.07) is 14.0. The van der Waals surface area contributed by atoms with E-state index in [9.17, 15) is 18.3 Å². The summed E-state index contributed by atoms with van der Waals surface area (Å²) in [5.41, 5.74) is 11.1. The van der Waals surface area contributed by atoms with Crippen LogP contribution in [-0.4, -0.2) is 42.2 Å². The van der Waals surface area contributed by atoms with Crippen molar-refractivity contribution >= 4 is 21.5 Å². The van der Waals surface area contributed by atoms with Gasteiger partial charge in [0.05, 0.1) is 18.2 Å². The van der Waals surface area contributed by atoms with Crippen LogP contribution >= 0.6 is 0 Å². The van der Waals surface area contributed by atoms with E-state index < -0.39 is 20.5 Å². The van der Waals surface area contributed by atoms with Gasteiger partial charge in [-0.3, -0.25) is 4.79 Å². The molecule has 0 aliphatic carbocycles. The van der Waals surface area contributed by atoms with Crippen LogP contribution in [0.1, 0.15) is 37.0 Å². The van der Waals surface area contributed by atoms with Gasteiger partial charge in [-0.05, 0) is 61.1 Å². The molecule has 0 saturated carbocycles. The van der Waals surface area contributed by atoms with E-state index in [1.807, 2.05) is 37.3 Å². The number of benzene rings is 2. The van der Waals surface area contributed by atoms with Crippen molar-refractivity contribution in [1.29, 1.82) is 0 Å². The highest BCUT2D eigenvalue weighted by atomic mass is 32.2. The highest BCUT2D eigenvalue weighted by Crippen LogP contribution is 2.29. The topological polar surface area (TPSA) is 119 Å². The number of nitrogens with two attached hydrogens (primary N) is 1. The number of carbonyl (C=O) groups excluding carboxylic acids is 1. The van der Waals surface area contributed by atoms with Gasteiger partial charge in [0.15, 0.2) is 14.6 Å². The number of nitrogens with zero attached hydrogens (tertiary/aromatic N) is 1. The molecule has 8 heteroatoms. The number of primary amides is 1. The molecular formula is C24H28N2O5S. The minimum Gasteiger partial charge on any atom is -0.393 e. The molecule has 3 N–H and O–H groups in total. The molecule has 7 nitrogen and oxygen atoms in total. The Balaban J connectivity index is 1.79. The molecule has 0 fully saturated rings. The van der Waals surface area contributed by atoms with Crippen LogP contribution < -0.4 is 5.73 Å². The molecular weight excluding hydrogens is 428 g/mol. The summed E-state index contributed by atoms with van der Waals surface area (Å²) >= 11 is 0. The van der Waals surface area contributed by atoms with Gasteiger partial charge in [0.25, 0.3) is 0 Å². The van der Waals surface area contributed by atoms with Crippen LogP contribution in [-0.2, 0) is 25.9 Å². The molecule has 3 rings (SSSR count). The van der Waals surface area contributed by atoms with E-state index in [2.05, 4.69) is 17.3 Å². The first-order valence-corrected chi connectivity index (χ1v) is 12.1. The second-order valence-electron chi connectivity index (χ2n) is 8.44. The monoisotopic (exact) mass is 456 g/mol. The first-order valence-electron chi connectivity index (χ1n) is 10.2. The predicted octanol–water partition coefficient (Wildman–Crippen LogP) is 2.88. The number of aliphatic hydroxyl groups excluding tert-OH is 1. The third kappa shape index (κ3) is 4.92. The first kappa shape index (κ1) is 23.7. The number of hydrogen-bond donors (Lipinski definition) is 2. The lowest BCUT2D eigenvalue weighted by Crippen LogP contribution is -2.46. The molecule has 170 valence electrons. The normalized spacial score (nSPS) is 18.0. The quantitative estimate of drug-likeness (QED) is 0.664. The van der Waals surface area contributed by atoms with Crippen LogP contribution in [0.15, 0.2) is 59.5 Å². The van der Waals surface area contributed by atoms with E-state index in [0.29, 0.717) is 12.1 Å². The van der Waals surface area contributed by atoms with Gasteiger partial charge in [0.1, 0.15) is 5.76 Å². The molecule has 1 heterocycles. The van der Waals surface area contributed by atoms with Crippen LogP contribution in [0.25, 0.3) is 11.1 Å². The number of carbonyl (C=O) groups is 1. The first-order chi connectivity index (χ1) is 14.9. The van der Waals surface area contributed by atoms with Gasteiger partial charge in [-0.1, -0.05) is 47.6 Å². The Kier molecular flexibility index (Phi) is 6.57. The lowest BCUT2D eigenvalue weighted by molar-refractivity contribution is -0.119. The Morgan fingerprint density at radius 1 is 1.25 bits per heavy atom. The van der Waals surface area contributed by atoms with Gasteiger partial charge in [-0.25, -0.2) is 8.42 Å². The third-order valence-corrected chi connectivity index (χ3v) is 7.52. The van der Waals surface area contributed by atoms with Crippen LogP contribution in [0.5, 0.6) is 0 Å². The average molecular weight is 457 g/mol. The Morgan fingerprint density at radius 3 is 2.41 bits per heavy atom. The number of hydrogen-bond acceptors (Lipinski definition) is 6. The summed E-state index contributed by atoms with van der Waals surface area (Å²) < 4.78 is 22.2. The van der Waals surface area contributed by atoms with E-state index in [1.54, 1.807) is 6.92 Å². The fraction of sp³-hybridized carbons (Fsp3) is 0.333. The molecule has 0 radical (unpaired) electrons. The number of oxime groups is 1. The number of aryl methyl sites for hydroxylation is 1. The predicted molar refractivity (Wildman–Crippen MR) is 125 cm³/mol. The summed E-state index contributed by atoms with van der Waals surface area (Å²) in [7, 11) is -3.78. The zero-order chi connectivity index (χ0) is 23.7. The molecule has 0 saturated heterocycles. The highest BCUT2D eigenvalue weighted by molar-refractivity contribution is 7.93. The average Bonchev–Trinajstić information content (AvgIpc) is 3.15. The summed E-state index contributed by atoms with van der Waals surface area (Å²) in [5, 5.41) is 13.6. The smallest absolute Gasteiger partial charge is 0.242 e. The molecule has 1 aliphatic heterocycles. The van der Waals surface area contributed by atoms with Crippen LogP contribution in [0.3, 0.4) is 0 Å². The van der Waals surface area contributed by atoms with Crippen molar-refractivity contribution in [3.05, 3.63) is 71.0 Å². The summed E-state index contributed by atoms with van der Waals surface area (Å²) in [6.45, 7) is 5.06. The summed E-state index contributed by atoms with van der Waals surface area (Å²) in [4.78, 5) is 17.1. The molecule has 0 bridgehead atoms. The number of rotatable bonds is 7. The van der Waals surface area contributed by atoms with Gasteiger partial charge < -0.3 is 15.7 Å². The van der Waals surface area contributed by atoms with Crippen LogP contribution in [0.2, 0.25) is 0 Å². The Bertz CT molecular complexity index is 1200. The number of aliphatic hydroxyl groups is 1. The zero-order valence-corrected chi connectivity index (χ0v) is 19.4. The van der Waals surface area contributed by atoms with E-state index in [1.165, 1.54) is 13.0 Å². The number of amides is 1. The Labute approximate surface area is 188 Å². The maximum atomic E-state index is 12.1. The van der Waals surface area contributed by atoms with Crippen molar-refractivity contribution in [3.63, 3.8) is 0 Å². The van der Waals surface area contributed by atoms with E-state index >= 15 is 0 Å². The van der Waals surface area contributed by atoms with E-state index in [4.69, 9.17) is 10.6 Å². The van der Waals surface area contributed by atoms with Crippen molar-refractivity contribution in [2.24, 2.45) is 10.9 Å². The third-order valence-electron chi connectivity index (χ3n) is 5.66. The largest absolute Gasteiger partial charge is 0.393 e. The molecule has 0 spiro atoms. The van der Waals surface area contributed by atoms with Crippen molar-refractivity contribution in [2.75, 3.05) is 6.26 Å². The lowest BCUT2D eigenvalue weighted by Gasteiger charge is -2.19. The Hall–Kier alpha value is -2.97. The van der Waals surface area contributed by atoms with Crippen LogP contribution in [0.4, 0.5) is 0 Å². The molecule has 1 amide bonds. The Morgan fingerprint density at radius 2 is 1.88 bits per heavy atom. The zero-order valence-electron chi connectivity index (χ0n) is 18.6. The highest BCUT2D eigenvalue weighted by Gasteiger charge is 2.41. The van der Waals surface area contributed by atoms with Gasteiger partial charge in [-0.15, -0.1) is 0 Å². The van der Waals surface area contributed by atoms with Gasteiger partial charge >= 0.3 is 0 Å². The minimum atomic E-state index is -3.78. The van der Waals surface area contributed by atoms with E-state index in [-0.39, 0.29) is 18.3 Å². The van der Waals surface area contributed by atoms with Gasteiger partial charge in [0.2, 0.25) is 5.91 Å². The fourth-order valence-corrected chi connectivity index (χ4v) is 4.31. The van der Waals surface area contributed by atoms with Crippen molar-refractivity contribution in [2.45, 2.75) is 44.5 Å². The second kappa shape index (κ2) is 8.88. The molecule has 2 aromatic carbocycles. The standard InChI is InChI=1S/C24H28N2O5S/c1-15-11-17(12-16(2)27)5-10-21(15)18-6-8-19(9-7-18)22-13-20(31-26-22)14-24(3,23(25)28)32(4,29)30/h5-11,14,16,27H,12-13H2,1-4H3,(H2,25,28). The lowest BCUT2D eigenvalue weighted by atomic mass is 9.95. The van der Waals surface area contributed by atoms with E-state index in [0.717, 1.165) is 34.1 Å². The second-order valence-corrected chi connectivity index (χ2v) is 10.8. The molecule has 0 aromatic heterocycles. The molecule has 2 atom stereocenters. The van der Waals surface area contributed by atoms with Crippen LogP contribution in [0, 0.1) is 6.92 Å². The van der Waals surface area contributed by atoms with Crippen molar-refractivity contribution in [3.8, 4) is 11.1 Å². The molecule has 2 unspecified atom stereocenters. The maximum Gasteiger partial charge on any atom is 0.242 e. The fourth-order valence-electron chi connectivity index (χ4n) is 3.60. The van der Waals surface area contributed by atoms with Crippen molar-refractivity contribution in [1.82, 2.24) is 0 Å². The maximum absolute atomic E-state index is 12.1. The van der Waals surface area contributed by atoms with Crippen molar-refractivity contribution < 1.29 is 23.2 Å². The minimum absolute atomic E-state index is 0.255. The number of allylic oxidation sites excluding steroid dienone is 1. The van der Waals surface area contributed by atoms with Gasteiger partial charge in [-0.2, -0.15) is 0 Å². The molecule has 1 aliphatic rings. The SMILES string of the molecule is Cc1cc(CC(C)O)ccc1-c1ccc(C2=NOC(=CC(C)(C(N)=O)S(C)(=O)=O)C2)cc1.